The topological polar surface area (TPSA) is 68.0 Å². The molecule has 1 N–H and O–H groups in total. The van der Waals surface area contributed by atoms with Gasteiger partial charge in [0.25, 0.3) is 0 Å². The summed E-state index contributed by atoms with van der Waals surface area (Å²) in [5.41, 5.74) is 0.984. The first-order valence-electron chi connectivity index (χ1n) is 4.50. The van der Waals surface area contributed by atoms with Crippen molar-refractivity contribution in [1.29, 1.82) is 0 Å². The smallest absolute Gasteiger partial charge is 0.356 e. The van der Waals surface area contributed by atoms with Gasteiger partial charge in [-0.2, -0.15) is 0 Å². The van der Waals surface area contributed by atoms with Crippen LogP contribution in [0, 0.1) is 12.7 Å². The quantitative estimate of drug-likeness (QED) is 0.832. The summed E-state index contributed by atoms with van der Waals surface area (Å²) in [4.78, 5) is 10.9. The molecule has 0 spiro atoms. The Hall–Kier alpha value is -2.24. The Morgan fingerprint density at radius 1 is 1.50 bits per heavy atom. The summed E-state index contributed by atoms with van der Waals surface area (Å²) in [6.45, 7) is 1.74. The summed E-state index contributed by atoms with van der Waals surface area (Å²) in [6, 6.07) is 4.07. The number of carboxylic acids is 1. The number of benzene rings is 1. The minimum Gasteiger partial charge on any atom is -0.476 e. The van der Waals surface area contributed by atoms with Crippen LogP contribution in [-0.4, -0.2) is 26.1 Å². The first-order valence-corrected chi connectivity index (χ1v) is 4.50. The highest BCUT2D eigenvalue weighted by Gasteiger charge is 2.14. The third kappa shape index (κ3) is 1.65. The zero-order valence-electron chi connectivity index (χ0n) is 8.38. The Kier molecular flexibility index (Phi) is 2.40. The number of aromatic nitrogens is 3. The number of carboxylic acid groups (broad SMARTS) is 1. The molecule has 2 aromatic rings. The van der Waals surface area contributed by atoms with E-state index in [-0.39, 0.29) is 5.69 Å². The highest BCUT2D eigenvalue weighted by atomic mass is 19.1. The van der Waals surface area contributed by atoms with E-state index in [1.54, 1.807) is 13.0 Å². The maximum atomic E-state index is 13.1. The predicted molar refractivity (Wildman–Crippen MR) is 53.0 cm³/mol. The Bertz CT molecular complexity index is 551. The molecule has 0 aliphatic heterocycles. The maximum absolute atomic E-state index is 13.1. The average Bonchev–Trinajstić information content (AvgIpc) is 2.70. The van der Waals surface area contributed by atoms with Gasteiger partial charge in [-0.25, -0.2) is 13.9 Å². The molecule has 16 heavy (non-hydrogen) atoms. The maximum Gasteiger partial charge on any atom is 0.356 e. The largest absolute Gasteiger partial charge is 0.476 e. The minimum absolute atomic E-state index is 0.103. The minimum atomic E-state index is -1.16. The molecule has 1 aromatic heterocycles. The third-order valence-electron chi connectivity index (χ3n) is 2.17. The molecule has 0 aliphatic rings. The number of nitrogens with zero attached hydrogens (tertiary/aromatic N) is 3. The third-order valence-corrected chi connectivity index (χ3v) is 2.17. The van der Waals surface area contributed by atoms with Gasteiger partial charge in [0.05, 0.1) is 11.9 Å². The molecule has 0 atom stereocenters. The number of rotatable bonds is 2. The summed E-state index contributed by atoms with van der Waals surface area (Å²) in [7, 11) is 0. The Balaban J connectivity index is 2.62. The van der Waals surface area contributed by atoms with Crippen molar-refractivity contribution in [2.24, 2.45) is 0 Å². The average molecular weight is 221 g/mol. The molecular weight excluding hydrogens is 213 g/mol. The van der Waals surface area contributed by atoms with Gasteiger partial charge in [0.15, 0.2) is 5.69 Å². The van der Waals surface area contributed by atoms with Crippen LogP contribution in [0.15, 0.2) is 24.4 Å². The highest BCUT2D eigenvalue weighted by molar-refractivity contribution is 5.85. The fourth-order valence-corrected chi connectivity index (χ4v) is 1.37. The molecule has 0 radical (unpaired) electrons. The van der Waals surface area contributed by atoms with Crippen LogP contribution in [-0.2, 0) is 0 Å². The number of halogens is 1. The van der Waals surface area contributed by atoms with Crippen LogP contribution in [0.3, 0.4) is 0 Å². The van der Waals surface area contributed by atoms with Crippen LogP contribution < -0.4 is 0 Å². The molecule has 2 rings (SSSR count). The summed E-state index contributed by atoms with van der Waals surface area (Å²) >= 11 is 0. The first kappa shape index (κ1) is 10.3. The van der Waals surface area contributed by atoms with E-state index >= 15 is 0 Å². The van der Waals surface area contributed by atoms with Crippen molar-refractivity contribution in [2.75, 3.05) is 0 Å². The molecule has 0 amide bonds. The van der Waals surface area contributed by atoms with E-state index in [0.29, 0.717) is 5.69 Å². The van der Waals surface area contributed by atoms with Gasteiger partial charge in [0.1, 0.15) is 5.82 Å². The van der Waals surface area contributed by atoms with Crippen LogP contribution >= 0.6 is 0 Å². The molecule has 6 heteroatoms. The fourth-order valence-electron chi connectivity index (χ4n) is 1.37. The second-order valence-electron chi connectivity index (χ2n) is 3.27. The highest BCUT2D eigenvalue weighted by Crippen LogP contribution is 2.16. The fraction of sp³-hybridized carbons (Fsp3) is 0.100. The van der Waals surface area contributed by atoms with Crippen LogP contribution in [0.25, 0.3) is 5.69 Å². The van der Waals surface area contributed by atoms with Crippen molar-refractivity contribution in [1.82, 2.24) is 15.0 Å². The van der Waals surface area contributed by atoms with Crippen LogP contribution in [0.2, 0.25) is 0 Å². The van der Waals surface area contributed by atoms with E-state index in [4.69, 9.17) is 5.11 Å². The lowest BCUT2D eigenvalue weighted by molar-refractivity contribution is 0.0687. The van der Waals surface area contributed by atoms with E-state index in [9.17, 15) is 9.18 Å². The second-order valence-corrected chi connectivity index (χ2v) is 3.27. The summed E-state index contributed by atoms with van der Waals surface area (Å²) in [5, 5.41) is 16.0. The van der Waals surface area contributed by atoms with Crippen molar-refractivity contribution in [2.45, 2.75) is 6.92 Å². The van der Waals surface area contributed by atoms with Crippen LogP contribution in [0.4, 0.5) is 4.39 Å². The molecule has 1 aromatic carbocycles. The predicted octanol–water partition coefficient (Wildman–Crippen LogP) is 1.41. The Morgan fingerprint density at radius 3 is 2.94 bits per heavy atom. The van der Waals surface area contributed by atoms with Gasteiger partial charge in [-0.05, 0) is 24.6 Å². The molecule has 0 saturated heterocycles. The normalized spacial score (nSPS) is 10.4. The molecule has 82 valence electrons. The van der Waals surface area contributed by atoms with Crippen molar-refractivity contribution >= 4 is 5.97 Å². The zero-order chi connectivity index (χ0) is 11.7. The molecule has 0 unspecified atom stereocenters. The van der Waals surface area contributed by atoms with Crippen molar-refractivity contribution in [3.8, 4) is 5.69 Å². The summed E-state index contributed by atoms with van der Waals surface area (Å²) in [6.07, 6.45) is 1.12. The van der Waals surface area contributed by atoms with E-state index in [1.807, 2.05) is 0 Å². The Morgan fingerprint density at radius 2 is 2.25 bits per heavy atom. The van der Waals surface area contributed by atoms with Crippen molar-refractivity contribution < 1.29 is 14.3 Å². The molecule has 0 fully saturated rings. The van der Waals surface area contributed by atoms with Crippen molar-refractivity contribution in [3.05, 3.63) is 41.5 Å². The standard InChI is InChI=1S/C10H8FN3O2/c1-6-2-3-7(11)4-8(6)14-9(10(15)16)5-12-13-14/h2-5H,1H3,(H,15,16). The van der Waals surface area contributed by atoms with Gasteiger partial charge in [0.2, 0.25) is 0 Å². The Labute approximate surface area is 90.1 Å². The number of carbonyl (C=O) groups is 1. The van der Waals surface area contributed by atoms with E-state index in [2.05, 4.69) is 10.3 Å². The van der Waals surface area contributed by atoms with Gasteiger partial charge in [-0.3, -0.25) is 0 Å². The molecule has 0 aliphatic carbocycles. The molecular formula is C10H8FN3O2. The van der Waals surface area contributed by atoms with E-state index < -0.39 is 11.8 Å². The summed E-state index contributed by atoms with van der Waals surface area (Å²) < 4.78 is 14.2. The molecule has 1 heterocycles. The van der Waals surface area contributed by atoms with Gasteiger partial charge in [0, 0.05) is 0 Å². The van der Waals surface area contributed by atoms with E-state index in [1.165, 1.54) is 12.1 Å². The lowest BCUT2D eigenvalue weighted by Gasteiger charge is -2.06. The zero-order valence-corrected chi connectivity index (χ0v) is 8.38. The molecule has 0 bridgehead atoms. The van der Waals surface area contributed by atoms with Gasteiger partial charge < -0.3 is 5.11 Å². The van der Waals surface area contributed by atoms with Crippen LogP contribution in [0.1, 0.15) is 16.1 Å². The van der Waals surface area contributed by atoms with Crippen LogP contribution in [0.5, 0.6) is 0 Å². The number of aromatic carboxylic acids is 1. The van der Waals surface area contributed by atoms with Gasteiger partial charge >= 0.3 is 5.97 Å². The number of hydrogen-bond donors (Lipinski definition) is 1. The molecule has 5 nitrogen and oxygen atoms in total. The molecule has 0 saturated carbocycles. The number of aryl methyl sites for hydroxylation is 1. The van der Waals surface area contributed by atoms with E-state index in [0.717, 1.165) is 16.4 Å². The van der Waals surface area contributed by atoms with Gasteiger partial charge in [-0.1, -0.05) is 11.3 Å². The second kappa shape index (κ2) is 3.73. The van der Waals surface area contributed by atoms with Gasteiger partial charge in [-0.15, -0.1) is 5.10 Å². The summed E-state index contributed by atoms with van der Waals surface area (Å²) in [5.74, 6) is -1.61. The monoisotopic (exact) mass is 221 g/mol. The lowest BCUT2D eigenvalue weighted by atomic mass is 10.2. The van der Waals surface area contributed by atoms with Crippen molar-refractivity contribution in [3.63, 3.8) is 0 Å². The first-order chi connectivity index (χ1) is 7.59. The lowest BCUT2D eigenvalue weighted by Crippen LogP contribution is -2.09. The number of hydrogen-bond acceptors (Lipinski definition) is 3. The SMILES string of the molecule is Cc1ccc(F)cc1-n1nncc1C(=O)O.